The third-order valence-electron chi connectivity index (χ3n) is 4.17. The number of H-pyrrole nitrogens is 1. The van der Waals surface area contributed by atoms with Crippen molar-refractivity contribution in [2.75, 3.05) is 12.4 Å². The number of thioether (sulfide) groups is 1. The van der Waals surface area contributed by atoms with Crippen LogP contribution in [0.5, 0.6) is 0 Å². The maximum atomic E-state index is 11.5. The first kappa shape index (κ1) is 21.5. The molecule has 3 aromatic rings. The number of pyridine rings is 1. The van der Waals surface area contributed by atoms with Gasteiger partial charge in [0.15, 0.2) is 0 Å². The van der Waals surface area contributed by atoms with E-state index in [1.165, 1.54) is 7.11 Å². The van der Waals surface area contributed by atoms with Crippen molar-refractivity contribution in [3.8, 4) is 0 Å². The number of aromatic amines is 1. The van der Waals surface area contributed by atoms with E-state index in [0.717, 1.165) is 21.7 Å². The predicted octanol–water partition coefficient (Wildman–Crippen LogP) is 6.29. The number of benzene rings is 1. The van der Waals surface area contributed by atoms with Crippen LogP contribution in [0.25, 0.3) is 0 Å². The Bertz CT molecular complexity index is 989. The number of amides is 1. The number of imidazole rings is 1. The van der Waals surface area contributed by atoms with Crippen molar-refractivity contribution in [2.24, 2.45) is 0 Å². The molecule has 0 saturated carbocycles. The van der Waals surface area contributed by atoms with Gasteiger partial charge >= 0.3 is 6.09 Å². The highest BCUT2D eigenvalue weighted by Gasteiger charge is 2.23. The van der Waals surface area contributed by atoms with E-state index in [9.17, 15) is 4.79 Å². The largest absolute Gasteiger partial charge is 0.453 e. The standard InChI is InChI=1S/C20H20Cl2N4O2S/c1-11(2)16-9-23-5-4-15(16)18(29-14-7-12(21)6-13(22)8-14)17-10-24-19(25-17)26-20(27)28-3/h4-11,18H,1-3H3,(H2,24,25,26,27). The summed E-state index contributed by atoms with van der Waals surface area (Å²) < 4.78 is 4.63. The first-order valence-electron chi connectivity index (χ1n) is 8.83. The van der Waals surface area contributed by atoms with Gasteiger partial charge in [-0.1, -0.05) is 37.0 Å². The molecule has 0 saturated heterocycles. The summed E-state index contributed by atoms with van der Waals surface area (Å²) in [5.41, 5.74) is 3.02. The average Bonchev–Trinajstić information content (AvgIpc) is 3.13. The highest BCUT2D eigenvalue weighted by molar-refractivity contribution is 7.99. The molecule has 29 heavy (non-hydrogen) atoms. The van der Waals surface area contributed by atoms with E-state index in [1.807, 2.05) is 24.4 Å². The molecule has 0 aliphatic rings. The van der Waals surface area contributed by atoms with E-state index < -0.39 is 6.09 Å². The van der Waals surface area contributed by atoms with Crippen LogP contribution < -0.4 is 5.32 Å². The third-order valence-corrected chi connectivity index (χ3v) is 5.85. The Morgan fingerprint density at radius 1 is 1.17 bits per heavy atom. The lowest BCUT2D eigenvalue weighted by atomic mass is 9.96. The first-order chi connectivity index (χ1) is 13.9. The maximum Gasteiger partial charge on any atom is 0.413 e. The molecule has 6 nitrogen and oxygen atoms in total. The molecule has 152 valence electrons. The summed E-state index contributed by atoms with van der Waals surface area (Å²) in [6.07, 6.45) is 4.75. The molecule has 0 bridgehead atoms. The summed E-state index contributed by atoms with van der Waals surface area (Å²) in [5.74, 6) is 0.585. The molecule has 0 spiro atoms. The molecule has 9 heteroatoms. The van der Waals surface area contributed by atoms with Crippen molar-refractivity contribution in [1.29, 1.82) is 0 Å². The van der Waals surface area contributed by atoms with E-state index in [0.29, 0.717) is 16.0 Å². The monoisotopic (exact) mass is 450 g/mol. The number of nitrogens with zero attached hydrogens (tertiary/aromatic N) is 2. The van der Waals surface area contributed by atoms with Crippen LogP contribution in [0.2, 0.25) is 10.0 Å². The molecule has 1 amide bonds. The minimum Gasteiger partial charge on any atom is -0.453 e. The van der Waals surface area contributed by atoms with Crippen molar-refractivity contribution in [2.45, 2.75) is 29.9 Å². The number of nitrogens with one attached hydrogen (secondary N) is 2. The van der Waals surface area contributed by atoms with Gasteiger partial charge in [-0.25, -0.2) is 9.78 Å². The Morgan fingerprint density at radius 2 is 1.90 bits per heavy atom. The fourth-order valence-electron chi connectivity index (χ4n) is 2.85. The van der Waals surface area contributed by atoms with Crippen molar-refractivity contribution in [3.05, 3.63) is 69.7 Å². The molecule has 2 heterocycles. The molecule has 1 atom stereocenters. The number of anilines is 1. The van der Waals surface area contributed by atoms with Gasteiger partial charge in [-0.05, 0) is 41.3 Å². The summed E-state index contributed by atoms with van der Waals surface area (Å²) >= 11 is 14.0. The Balaban J connectivity index is 2.04. The molecule has 1 unspecified atom stereocenters. The van der Waals surface area contributed by atoms with Crippen molar-refractivity contribution in [3.63, 3.8) is 0 Å². The zero-order valence-corrected chi connectivity index (χ0v) is 18.4. The number of carbonyl (C=O) groups excluding carboxylic acids is 1. The lowest BCUT2D eigenvalue weighted by molar-refractivity contribution is 0.186. The van der Waals surface area contributed by atoms with Crippen LogP contribution in [-0.2, 0) is 4.74 Å². The second-order valence-corrected chi connectivity index (χ2v) is 8.62. The molecular formula is C20H20Cl2N4O2S. The smallest absolute Gasteiger partial charge is 0.413 e. The van der Waals surface area contributed by atoms with E-state index in [1.54, 1.807) is 30.2 Å². The van der Waals surface area contributed by atoms with Gasteiger partial charge in [0.25, 0.3) is 0 Å². The summed E-state index contributed by atoms with van der Waals surface area (Å²) in [5, 5.41) is 3.53. The number of rotatable bonds is 6. The molecule has 0 fully saturated rings. The average molecular weight is 451 g/mol. The maximum absolute atomic E-state index is 11.5. The minimum absolute atomic E-state index is 0.148. The molecule has 2 aromatic heterocycles. The number of methoxy groups -OCH3 is 1. The Labute approximate surface area is 183 Å². The topological polar surface area (TPSA) is 79.9 Å². The summed E-state index contributed by atoms with van der Waals surface area (Å²) in [4.78, 5) is 24.1. The predicted molar refractivity (Wildman–Crippen MR) is 117 cm³/mol. The van der Waals surface area contributed by atoms with Gasteiger partial charge < -0.3 is 9.72 Å². The van der Waals surface area contributed by atoms with Gasteiger partial charge in [0.05, 0.1) is 24.3 Å². The van der Waals surface area contributed by atoms with Crippen LogP contribution in [0, 0.1) is 0 Å². The zero-order chi connectivity index (χ0) is 21.0. The van der Waals surface area contributed by atoms with Crippen LogP contribution in [0.3, 0.4) is 0 Å². The molecule has 0 radical (unpaired) electrons. The van der Waals surface area contributed by atoms with Crippen LogP contribution in [-0.4, -0.2) is 28.2 Å². The number of ether oxygens (including phenoxy) is 1. The Morgan fingerprint density at radius 3 is 2.55 bits per heavy atom. The fraction of sp³-hybridized carbons (Fsp3) is 0.250. The first-order valence-corrected chi connectivity index (χ1v) is 10.5. The van der Waals surface area contributed by atoms with E-state index in [2.05, 4.69) is 38.9 Å². The number of carbonyl (C=O) groups is 1. The van der Waals surface area contributed by atoms with Gasteiger partial charge in [-0.3, -0.25) is 10.3 Å². The van der Waals surface area contributed by atoms with Gasteiger partial charge in [0.1, 0.15) is 0 Å². The van der Waals surface area contributed by atoms with Crippen molar-refractivity contribution < 1.29 is 9.53 Å². The summed E-state index contributed by atoms with van der Waals surface area (Å²) in [6, 6.07) is 7.42. The van der Waals surface area contributed by atoms with Crippen LogP contribution in [0.4, 0.5) is 10.7 Å². The Kier molecular flexibility index (Phi) is 7.05. The molecule has 3 rings (SSSR count). The zero-order valence-electron chi connectivity index (χ0n) is 16.1. The lowest BCUT2D eigenvalue weighted by Gasteiger charge is -2.21. The van der Waals surface area contributed by atoms with Crippen LogP contribution in [0.15, 0.2) is 47.8 Å². The number of halogens is 2. The molecule has 0 aliphatic heterocycles. The number of aromatic nitrogens is 3. The van der Waals surface area contributed by atoms with Crippen molar-refractivity contribution in [1.82, 2.24) is 15.0 Å². The molecular weight excluding hydrogens is 431 g/mol. The highest BCUT2D eigenvalue weighted by Crippen LogP contribution is 2.43. The second-order valence-electron chi connectivity index (χ2n) is 6.57. The van der Waals surface area contributed by atoms with Gasteiger partial charge in [-0.15, -0.1) is 11.8 Å². The second kappa shape index (κ2) is 9.52. The minimum atomic E-state index is -0.594. The van der Waals surface area contributed by atoms with Crippen molar-refractivity contribution >= 4 is 47.0 Å². The van der Waals surface area contributed by atoms with E-state index in [-0.39, 0.29) is 11.2 Å². The summed E-state index contributed by atoms with van der Waals surface area (Å²) in [7, 11) is 1.30. The highest BCUT2D eigenvalue weighted by atomic mass is 35.5. The molecule has 1 aromatic carbocycles. The van der Waals surface area contributed by atoms with E-state index >= 15 is 0 Å². The third kappa shape index (κ3) is 5.44. The summed E-state index contributed by atoms with van der Waals surface area (Å²) in [6.45, 7) is 4.24. The number of hydrogen-bond donors (Lipinski definition) is 2. The van der Waals surface area contributed by atoms with Gasteiger partial charge in [0, 0.05) is 27.3 Å². The fourth-order valence-corrected chi connectivity index (χ4v) is 4.75. The van der Waals surface area contributed by atoms with E-state index in [4.69, 9.17) is 23.2 Å². The molecule has 0 aliphatic carbocycles. The SMILES string of the molecule is COC(=O)Nc1ncc(C(Sc2cc(Cl)cc(Cl)c2)c2ccncc2C(C)C)[nH]1. The molecule has 2 N–H and O–H groups in total. The Hall–Kier alpha value is -2.22. The quantitative estimate of drug-likeness (QED) is 0.430. The normalized spacial score (nSPS) is 12.1. The number of hydrogen-bond acceptors (Lipinski definition) is 5. The lowest BCUT2D eigenvalue weighted by Crippen LogP contribution is -2.12. The van der Waals surface area contributed by atoms with Gasteiger partial charge in [0.2, 0.25) is 5.95 Å². The van der Waals surface area contributed by atoms with Gasteiger partial charge in [-0.2, -0.15) is 0 Å². The van der Waals surface area contributed by atoms with Crippen LogP contribution in [0.1, 0.15) is 41.8 Å². The van der Waals surface area contributed by atoms with Crippen LogP contribution >= 0.6 is 35.0 Å².